The van der Waals surface area contributed by atoms with E-state index in [1.807, 2.05) is 31.2 Å². The molecule has 0 bridgehead atoms. The molecule has 0 aliphatic carbocycles. The van der Waals surface area contributed by atoms with Crippen molar-refractivity contribution in [2.75, 3.05) is 32.2 Å². The highest BCUT2D eigenvalue weighted by Crippen LogP contribution is 2.18. The van der Waals surface area contributed by atoms with Gasteiger partial charge in [0, 0.05) is 18.4 Å². The Bertz CT molecular complexity index is 727. The normalized spacial score (nSPS) is 10.2. The predicted molar refractivity (Wildman–Crippen MR) is 98.5 cm³/mol. The Morgan fingerprint density at radius 2 is 1.73 bits per heavy atom. The molecule has 0 radical (unpaired) electrons. The van der Waals surface area contributed by atoms with E-state index >= 15 is 0 Å². The van der Waals surface area contributed by atoms with Crippen LogP contribution in [0.1, 0.15) is 22.8 Å². The smallest absolute Gasteiger partial charge is 0.344 e. The number of amides is 1. The summed E-state index contributed by atoms with van der Waals surface area (Å²) in [6.07, 6.45) is 0.837. The minimum Gasteiger partial charge on any atom is -0.482 e. The molecule has 26 heavy (non-hydrogen) atoms. The molecule has 0 saturated heterocycles. The molecule has 1 amide bonds. The van der Waals surface area contributed by atoms with Gasteiger partial charge in [-0.2, -0.15) is 0 Å². The molecule has 138 valence electrons. The van der Waals surface area contributed by atoms with Crippen LogP contribution in [0.5, 0.6) is 5.75 Å². The topological polar surface area (TPSA) is 73.9 Å². The number of carbonyl (C=O) groups is 2. The van der Waals surface area contributed by atoms with E-state index in [0.29, 0.717) is 17.9 Å². The third-order valence-corrected chi connectivity index (χ3v) is 3.67. The first-order chi connectivity index (χ1) is 12.6. The zero-order valence-electron chi connectivity index (χ0n) is 15.0. The summed E-state index contributed by atoms with van der Waals surface area (Å²) in [5.41, 5.74) is 2.39. The molecule has 2 aromatic rings. The number of para-hydroxylation sites is 1. The maximum Gasteiger partial charge on any atom is 0.344 e. The van der Waals surface area contributed by atoms with Gasteiger partial charge in [-0.25, -0.2) is 4.79 Å². The summed E-state index contributed by atoms with van der Waals surface area (Å²) in [6, 6.07) is 14.3. The predicted octanol–water partition coefficient (Wildman–Crippen LogP) is 3.07. The molecule has 0 spiro atoms. The number of nitrogens with one attached hydrogen (secondary N) is 1. The van der Waals surface area contributed by atoms with E-state index in [-0.39, 0.29) is 19.1 Å². The molecule has 6 nitrogen and oxygen atoms in total. The van der Waals surface area contributed by atoms with Gasteiger partial charge < -0.3 is 19.5 Å². The average Bonchev–Trinajstić information content (AvgIpc) is 2.67. The number of carbonyl (C=O) groups excluding carboxylic acids is 2. The monoisotopic (exact) mass is 357 g/mol. The first-order valence-corrected chi connectivity index (χ1v) is 8.40. The van der Waals surface area contributed by atoms with Gasteiger partial charge in [0.2, 0.25) is 0 Å². The van der Waals surface area contributed by atoms with Crippen LogP contribution in [-0.2, 0) is 20.7 Å². The second kappa shape index (κ2) is 10.2. The van der Waals surface area contributed by atoms with Crippen molar-refractivity contribution in [2.45, 2.75) is 13.3 Å². The standard InChI is InChI=1S/C20H23NO5/c1-3-15-6-4-5-7-18(15)21-20(23)16-8-10-17(11-9-16)26-14-19(22)25-13-12-24-2/h4-11H,3,12-14H2,1-2H3,(H,21,23). The van der Waals surface area contributed by atoms with Crippen LogP contribution in [0.3, 0.4) is 0 Å². The Kier molecular flexibility index (Phi) is 7.64. The third-order valence-electron chi connectivity index (χ3n) is 3.67. The fourth-order valence-electron chi connectivity index (χ4n) is 2.27. The van der Waals surface area contributed by atoms with Crippen LogP contribution < -0.4 is 10.1 Å². The van der Waals surface area contributed by atoms with Gasteiger partial charge in [-0.15, -0.1) is 0 Å². The average molecular weight is 357 g/mol. The summed E-state index contributed by atoms with van der Waals surface area (Å²) in [4.78, 5) is 23.8. The molecule has 0 saturated carbocycles. The maximum atomic E-state index is 12.4. The number of ether oxygens (including phenoxy) is 3. The number of rotatable bonds is 9. The summed E-state index contributed by atoms with van der Waals surface area (Å²) in [5.74, 6) is -0.185. The number of esters is 1. The SMILES string of the molecule is CCc1ccccc1NC(=O)c1ccc(OCC(=O)OCCOC)cc1. The van der Waals surface area contributed by atoms with Crippen LogP contribution in [0.15, 0.2) is 48.5 Å². The van der Waals surface area contributed by atoms with E-state index in [1.54, 1.807) is 24.3 Å². The Morgan fingerprint density at radius 1 is 1.00 bits per heavy atom. The lowest BCUT2D eigenvalue weighted by Crippen LogP contribution is -2.17. The lowest BCUT2D eigenvalue weighted by atomic mass is 10.1. The molecule has 2 rings (SSSR count). The zero-order valence-corrected chi connectivity index (χ0v) is 15.0. The molecule has 0 aromatic heterocycles. The fraction of sp³-hybridized carbons (Fsp3) is 0.300. The van der Waals surface area contributed by atoms with Crippen molar-refractivity contribution in [3.63, 3.8) is 0 Å². The van der Waals surface area contributed by atoms with E-state index in [0.717, 1.165) is 17.7 Å². The summed E-state index contributed by atoms with van der Waals surface area (Å²) in [6.45, 7) is 2.38. The van der Waals surface area contributed by atoms with Gasteiger partial charge in [-0.3, -0.25) is 4.79 Å². The highest BCUT2D eigenvalue weighted by atomic mass is 16.6. The number of anilines is 1. The highest BCUT2D eigenvalue weighted by molar-refractivity contribution is 6.04. The lowest BCUT2D eigenvalue weighted by Gasteiger charge is -2.10. The fourth-order valence-corrected chi connectivity index (χ4v) is 2.27. The molecule has 0 fully saturated rings. The van der Waals surface area contributed by atoms with Crippen LogP contribution >= 0.6 is 0 Å². The summed E-state index contributed by atoms with van der Waals surface area (Å²) >= 11 is 0. The van der Waals surface area contributed by atoms with Crippen molar-refractivity contribution in [1.29, 1.82) is 0 Å². The molecule has 1 N–H and O–H groups in total. The zero-order chi connectivity index (χ0) is 18.8. The van der Waals surface area contributed by atoms with Gasteiger partial charge >= 0.3 is 5.97 Å². The number of benzene rings is 2. The Hall–Kier alpha value is -2.86. The first-order valence-electron chi connectivity index (χ1n) is 8.40. The highest BCUT2D eigenvalue weighted by Gasteiger charge is 2.09. The van der Waals surface area contributed by atoms with Crippen LogP contribution in [0.25, 0.3) is 0 Å². The van der Waals surface area contributed by atoms with Gasteiger partial charge in [-0.05, 0) is 42.3 Å². The molecular weight excluding hydrogens is 334 g/mol. The van der Waals surface area contributed by atoms with Crippen molar-refractivity contribution < 1.29 is 23.8 Å². The Balaban J connectivity index is 1.88. The Labute approximate surface area is 153 Å². The molecule has 2 aromatic carbocycles. The van der Waals surface area contributed by atoms with Crippen LogP contribution in [0.2, 0.25) is 0 Å². The second-order valence-electron chi connectivity index (χ2n) is 5.49. The van der Waals surface area contributed by atoms with Crippen molar-refractivity contribution in [3.8, 4) is 5.75 Å². The molecule has 0 heterocycles. The summed E-state index contributed by atoms with van der Waals surface area (Å²) in [5, 5.41) is 2.91. The summed E-state index contributed by atoms with van der Waals surface area (Å²) in [7, 11) is 1.53. The van der Waals surface area contributed by atoms with Gasteiger partial charge in [-0.1, -0.05) is 25.1 Å². The lowest BCUT2D eigenvalue weighted by molar-refractivity contribution is -0.147. The largest absolute Gasteiger partial charge is 0.482 e. The van der Waals surface area contributed by atoms with E-state index in [4.69, 9.17) is 14.2 Å². The van der Waals surface area contributed by atoms with Crippen LogP contribution in [0.4, 0.5) is 5.69 Å². The van der Waals surface area contributed by atoms with Crippen LogP contribution in [0, 0.1) is 0 Å². The van der Waals surface area contributed by atoms with Crippen molar-refractivity contribution in [2.24, 2.45) is 0 Å². The van der Waals surface area contributed by atoms with E-state index in [9.17, 15) is 9.59 Å². The van der Waals surface area contributed by atoms with Crippen molar-refractivity contribution >= 4 is 17.6 Å². The summed E-state index contributed by atoms with van der Waals surface area (Å²) < 4.78 is 15.0. The minimum atomic E-state index is -0.472. The van der Waals surface area contributed by atoms with Gasteiger partial charge in [0.25, 0.3) is 5.91 Å². The van der Waals surface area contributed by atoms with Crippen molar-refractivity contribution in [1.82, 2.24) is 0 Å². The van der Waals surface area contributed by atoms with E-state index in [2.05, 4.69) is 5.32 Å². The van der Waals surface area contributed by atoms with Gasteiger partial charge in [0.1, 0.15) is 12.4 Å². The first kappa shape index (κ1) is 19.5. The van der Waals surface area contributed by atoms with Crippen molar-refractivity contribution in [3.05, 3.63) is 59.7 Å². The number of methoxy groups -OCH3 is 1. The Morgan fingerprint density at radius 3 is 2.42 bits per heavy atom. The van der Waals surface area contributed by atoms with Crippen LogP contribution in [-0.4, -0.2) is 38.8 Å². The quantitative estimate of drug-likeness (QED) is 0.551. The molecule has 0 aliphatic rings. The number of hydrogen-bond acceptors (Lipinski definition) is 5. The third kappa shape index (κ3) is 5.89. The van der Waals surface area contributed by atoms with E-state index in [1.165, 1.54) is 7.11 Å². The number of aryl methyl sites for hydroxylation is 1. The second-order valence-corrected chi connectivity index (χ2v) is 5.49. The van der Waals surface area contributed by atoms with Gasteiger partial charge in [0.15, 0.2) is 6.61 Å². The molecule has 0 atom stereocenters. The number of hydrogen-bond donors (Lipinski definition) is 1. The molecule has 6 heteroatoms. The molecule has 0 unspecified atom stereocenters. The van der Waals surface area contributed by atoms with E-state index < -0.39 is 5.97 Å². The minimum absolute atomic E-state index is 0.192. The molecular formula is C20H23NO5. The van der Waals surface area contributed by atoms with Gasteiger partial charge in [0.05, 0.1) is 6.61 Å². The molecule has 0 aliphatic heterocycles. The maximum absolute atomic E-state index is 12.4.